The molecule has 2 aromatic carbocycles. The van der Waals surface area contributed by atoms with E-state index in [0.29, 0.717) is 44.2 Å². The first-order chi connectivity index (χ1) is 13.6. The van der Waals surface area contributed by atoms with Crippen LogP contribution in [0.15, 0.2) is 54.6 Å². The molecule has 7 heteroatoms. The molecule has 2 aliphatic rings. The molecule has 28 heavy (non-hydrogen) atoms. The number of ether oxygens (including phenoxy) is 1. The zero-order valence-electron chi connectivity index (χ0n) is 15.9. The van der Waals surface area contributed by atoms with E-state index in [-0.39, 0.29) is 18.1 Å². The molecule has 4 rings (SSSR count). The van der Waals surface area contributed by atoms with E-state index >= 15 is 0 Å². The number of fused-ring (bicyclic) bond motifs is 1. The van der Waals surface area contributed by atoms with Crippen LogP contribution in [0.5, 0.6) is 5.75 Å². The molecule has 0 spiro atoms. The number of carbonyl (C=O) groups is 2. The summed E-state index contributed by atoms with van der Waals surface area (Å²) < 4.78 is 5.20. The van der Waals surface area contributed by atoms with Gasteiger partial charge in [0, 0.05) is 44.5 Å². The van der Waals surface area contributed by atoms with Gasteiger partial charge in [0.1, 0.15) is 5.75 Å². The van der Waals surface area contributed by atoms with Crippen LogP contribution in [-0.4, -0.2) is 66.1 Å². The summed E-state index contributed by atoms with van der Waals surface area (Å²) in [6, 6.07) is 17.2. The number of anilines is 1. The average Bonchev–Trinajstić information content (AvgIpc) is 3.03. The van der Waals surface area contributed by atoms with Gasteiger partial charge in [-0.25, -0.2) is 9.59 Å². The lowest BCUT2D eigenvalue weighted by atomic mass is 10.2. The Balaban J connectivity index is 1.37. The lowest BCUT2D eigenvalue weighted by Crippen LogP contribution is -2.54. The van der Waals surface area contributed by atoms with Crippen LogP contribution in [0, 0.1) is 0 Å². The first-order valence-corrected chi connectivity index (χ1v) is 9.43. The largest absolute Gasteiger partial charge is 0.497 e. The van der Waals surface area contributed by atoms with Crippen molar-refractivity contribution in [2.45, 2.75) is 12.6 Å². The van der Waals surface area contributed by atoms with E-state index in [4.69, 9.17) is 4.74 Å². The molecular weight excluding hydrogens is 356 g/mol. The van der Waals surface area contributed by atoms with Crippen molar-refractivity contribution in [2.75, 3.05) is 38.6 Å². The predicted molar refractivity (Wildman–Crippen MR) is 106 cm³/mol. The van der Waals surface area contributed by atoms with Gasteiger partial charge in [-0.1, -0.05) is 36.4 Å². The van der Waals surface area contributed by atoms with Gasteiger partial charge in [0.2, 0.25) is 0 Å². The van der Waals surface area contributed by atoms with E-state index in [1.165, 1.54) is 0 Å². The Hall–Kier alpha value is -3.22. The highest BCUT2D eigenvalue weighted by Crippen LogP contribution is 2.23. The minimum Gasteiger partial charge on any atom is -0.497 e. The highest BCUT2D eigenvalue weighted by molar-refractivity contribution is 5.90. The SMILES string of the molecule is COc1cccc(NC(=O)N2CCN3C(=O)N(Cc4ccccc4)C[C@H]3C2)c1. The molecule has 7 nitrogen and oxygen atoms in total. The number of urea groups is 2. The molecule has 2 aliphatic heterocycles. The maximum atomic E-state index is 12.7. The van der Waals surface area contributed by atoms with Gasteiger partial charge in [0.25, 0.3) is 0 Å². The fourth-order valence-corrected chi connectivity index (χ4v) is 3.80. The number of nitrogens with zero attached hydrogens (tertiary/aromatic N) is 3. The van der Waals surface area contributed by atoms with Crippen molar-refractivity contribution in [3.05, 3.63) is 60.2 Å². The molecule has 1 N–H and O–H groups in total. The van der Waals surface area contributed by atoms with Crippen molar-refractivity contribution < 1.29 is 14.3 Å². The van der Waals surface area contributed by atoms with Gasteiger partial charge in [-0.15, -0.1) is 0 Å². The molecule has 0 aliphatic carbocycles. The van der Waals surface area contributed by atoms with Crippen molar-refractivity contribution in [1.29, 1.82) is 0 Å². The van der Waals surface area contributed by atoms with Crippen LogP contribution in [-0.2, 0) is 6.54 Å². The first kappa shape index (κ1) is 18.2. The van der Waals surface area contributed by atoms with Crippen LogP contribution < -0.4 is 10.1 Å². The zero-order chi connectivity index (χ0) is 19.5. The number of hydrogen-bond acceptors (Lipinski definition) is 3. The van der Waals surface area contributed by atoms with Crippen molar-refractivity contribution >= 4 is 17.7 Å². The number of benzene rings is 2. The molecule has 0 saturated carbocycles. The number of piperazine rings is 1. The van der Waals surface area contributed by atoms with Gasteiger partial charge in [0.05, 0.1) is 13.2 Å². The Morgan fingerprint density at radius 1 is 1.11 bits per heavy atom. The summed E-state index contributed by atoms with van der Waals surface area (Å²) in [4.78, 5) is 30.9. The summed E-state index contributed by atoms with van der Waals surface area (Å²) in [6.07, 6.45) is 0. The Labute approximate surface area is 164 Å². The zero-order valence-corrected chi connectivity index (χ0v) is 15.9. The summed E-state index contributed by atoms with van der Waals surface area (Å²) in [5.41, 5.74) is 1.81. The highest BCUT2D eigenvalue weighted by atomic mass is 16.5. The lowest BCUT2D eigenvalue weighted by Gasteiger charge is -2.36. The van der Waals surface area contributed by atoms with E-state index in [1.807, 2.05) is 58.3 Å². The molecule has 1 atom stereocenters. The minimum atomic E-state index is -0.151. The van der Waals surface area contributed by atoms with Gasteiger partial charge in [-0.2, -0.15) is 0 Å². The van der Waals surface area contributed by atoms with Crippen LogP contribution in [0.3, 0.4) is 0 Å². The minimum absolute atomic E-state index is 0.0287. The molecule has 2 saturated heterocycles. The number of hydrogen-bond donors (Lipinski definition) is 1. The van der Waals surface area contributed by atoms with Crippen molar-refractivity contribution in [2.24, 2.45) is 0 Å². The summed E-state index contributed by atoms with van der Waals surface area (Å²) in [6.45, 7) is 2.85. The summed E-state index contributed by atoms with van der Waals surface area (Å²) >= 11 is 0. The maximum Gasteiger partial charge on any atom is 0.321 e. The molecule has 0 aromatic heterocycles. The third-order valence-corrected chi connectivity index (χ3v) is 5.25. The quantitative estimate of drug-likeness (QED) is 0.887. The molecule has 2 fully saturated rings. The van der Waals surface area contributed by atoms with Crippen LogP contribution in [0.4, 0.5) is 15.3 Å². The molecule has 146 valence electrons. The molecule has 2 heterocycles. The van der Waals surface area contributed by atoms with Crippen LogP contribution in [0.25, 0.3) is 0 Å². The molecular formula is C21H24N4O3. The summed E-state index contributed by atoms with van der Waals surface area (Å²) in [5, 5.41) is 2.92. The average molecular weight is 380 g/mol. The Morgan fingerprint density at radius 2 is 1.93 bits per heavy atom. The van der Waals surface area contributed by atoms with Gasteiger partial charge in [-0.05, 0) is 17.7 Å². The number of nitrogens with one attached hydrogen (secondary N) is 1. The van der Waals surface area contributed by atoms with Gasteiger partial charge < -0.3 is 24.8 Å². The van der Waals surface area contributed by atoms with Gasteiger partial charge in [0.15, 0.2) is 0 Å². The van der Waals surface area contributed by atoms with E-state index in [2.05, 4.69) is 5.32 Å². The van der Waals surface area contributed by atoms with E-state index in [9.17, 15) is 9.59 Å². The van der Waals surface area contributed by atoms with Crippen molar-refractivity contribution in [3.8, 4) is 5.75 Å². The second kappa shape index (κ2) is 7.80. The Kier molecular flexibility index (Phi) is 5.06. The number of amides is 4. The van der Waals surface area contributed by atoms with Crippen LogP contribution in [0.1, 0.15) is 5.56 Å². The van der Waals surface area contributed by atoms with Gasteiger partial charge >= 0.3 is 12.1 Å². The maximum absolute atomic E-state index is 12.7. The smallest absolute Gasteiger partial charge is 0.321 e. The summed E-state index contributed by atoms with van der Waals surface area (Å²) in [7, 11) is 1.60. The third kappa shape index (κ3) is 3.74. The second-order valence-corrected chi connectivity index (χ2v) is 7.10. The topological polar surface area (TPSA) is 65.1 Å². The standard InChI is InChI=1S/C21H24N4O3/c1-28-19-9-5-8-17(12-19)22-20(26)23-10-11-25-18(14-23)15-24(21(25)27)13-16-6-3-2-4-7-16/h2-9,12,18H,10-11,13-15H2,1H3,(H,22,26)/t18-/m1/s1. The van der Waals surface area contributed by atoms with Gasteiger partial charge in [-0.3, -0.25) is 0 Å². The van der Waals surface area contributed by atoms with E-state index in [1.54, 1.807) is 18.1 Å². The fraction of sp³-hybridized carbons (Fsp3) is 0.333. The molecule has 0 unspecified atom stereocenters. The molecule has 4 amide bonds. The number of methoxy groups -OCH3 is 1. The molecule has 0 bridgehead atoms. The molecule has 0 radical (unpaired) electrons. The fourth-order valence-electron chi connectivity index (χ4n) is 3.80. The predicted octanol–water partition coefficient (Wildman–Crippen LogP) is 2.85. The van der Waals surface area contributed by atoms with E-state index in [0.717, 1.165) is 5.56 Å². The normalized spacial score (nSPS) is 18.8. The number of rotatable bonds is 4. The van der Waals surface area contributed by atoms with E-state index < -0.39 is 0 Å². The Bertz CT molecular complexity index is 858. The third-order valence-electron chi connectivity index (χ3n) is 5.25. The van der Waals surface area contributed by atoms with Crippen molar-refractivity contribution in [1.82, 2.24) is 14.7 Å². The first-order valence-electron chi connectivity index (χ1n) is 9.43. The van der Waals surface area contributed by atoms with Crippen molar-refractivity contribution in [3.63, 3.8) is 0 Å². The summed E-state index contributed by atoms with van der Waals surface area (Å²) in [5.74, 6) is 0.695. The van der Waals surface area contributed by atoms with Crippen LogP contribution >= 0.6 is 0 Å². The molecule has 2 aromatic rings. The Morgan fingerprint density at radius 3 is 2.71 bits per heavy atom. The monoisotopic (exact) mass is 380 g/mol. The highest BCUT2D eigenvalue weighted by Gasteiger charge is 2.41. The lowest BCUT2D eigenvalue weighted by molar-refractivity contribution is 0.135. The number of carbonyl (C=O) groups excluding carboxylic acids is 2. The van der Waals surface area contributed by atoms with Crippen LogP contribution in [0.2, 0.25) is 0 Å². The second-order valence-electron chi connectivity index (χ2n) is 7.10.